The number of nitrogens with one attached hydrogen (secondary N) is 1. The van der Waals surface area contributed by atoms with Gasteiger partial charge in [-0.2, -0.15) is 5.10 Å². The molecule has 0 fully saturated rings. The molecule has 90 valence electrons. The van der Waals surface area contributed by atoms with Gasteiger partial charge in [-0.3, -0.25) is 9.48 Å². The number of nitrogens with zero attached hydrogens (tertiary/aromatic N) is 2. The van der Waals surface area contributed by atoms with Crippen LogP contribution in [0.25, 0.3) is 0 Å². The summed E-state index contributed by atoms with van der Waals surface area (Å²) in [6, 6.07) is 0.208. The Kier molecular flexibility index (Phi) is 4.34. The lowest BCUT2D eigenvalue weighted by atomic mass is 10.3. The van der Waals surface area contributed by atoms with Gasteiger partial charge in [0, 0.05) is 18.8 Å². The van der Waals surface area contributed by atoms with Crippen LogP contribution in [0.3, 0.4) is 0 Å². The molecule has 0 radical (unpaired) electrons. The molecule has 1 rings (SSSR count). The maximum Gasteiger partial charge on any atom is 0.256 e. The molecule has 0 aliphatic carbocycles. The minimum Gasteiger partial charge on any atom is -0.382 e. The highest BCUT2D eigenvalue weighted by molar-refractivity contribution is 5.98. The summed E-state index contributed by atoms with van der Waals surface area (Å²) in [5, 5.41) is 6.91. The van der Waals surface area contributed by atoms with Crippen LogP contribution in [0.15, 0.2) is 6.20 Å². The second-order valence-corrected chi connectivity index (χ2v) is 4.11. The molecule has 1 aromatic rings. The van der Waals surface area contributed by atoms with Gasteiger partial charge in [0.15, 0.2) is 5.82 Å². The summed E-state index contributed by atoms with van der Waals surface area (Å²) in [5.41, 5.74) is 6.15. The summed E-state index contributed by atoms with van der Waals surface area (Å²) in [6.45, 7) is 6.75. The normalized spacial score (nSPS) is 10.8. The van der Waals surface area contributed by atoms with E-state index in [1.54, 1.807) is 10.9 Å². The Balaban J connectivity index is 2.68. The first-order chi connectivity index (χ1) is 7.56. The summed E-state index contributed by atoms with van der Waals surface area (Å²) in [6.07, 6.45) is 3.73. The average molecular weight is 224 g/mol. The van der Waals surface area contributed by atoms with E-state index < -0.39 is 0 Å². The molecule has 0 spiro atoms. The van der Waals surface area contributed by atoms with Crippen molar-refractivity contribution in [3.63, 3.8) is 0 Å². The van der Waals surface area contributed by atoms with Crippen molar-refractivity contribution >= 4 is 11.7 Å². The van der Waals surface area contributed by atoms with E-state index in [0.717, 1.165) is 12.8 Å². The second-order valence-electron chi connectivity index (χ2n) is 4.11. The molecule has 16 heavy (non-hydrogen) atoms. The van der Waals surface area contributed by atoms with Crippen molar-refractivity contribution in [2.45, 2.75) is 39.7 Å². The standard InChI is InChI=1S/C11H20N4O/c1-4-5-6-13-11(16)9-7-15(8(2)3)14-10(9)12/h7-8H,4-6H2,1-3H3,(H2,12,14)(H,13,16). The Labute approximate surface area is 96.0 Å². The van der Waals surface area contributed by atoms with Gasteiger partial charge in [0.1, 0.15) is 5.56 Å². The Bertz CT molecular complexity index is 357. The fourth-order valence-corrected chi connectivity index (χ4v) is 1.32. The molecule has 3 N–H and O–H groups in total. The number of rotatable bonds is 5. The van der Waals surface area contributed by atoms with Gasteiger partial charge in [-0.1, -0.05) is 13.3 Å². The van der Waals surface area contributed by atoms with Crippen molar-refractivity contribution in [3.8, 4) is 0 Å². The van der Waals surface area contributed by atoms with Crippen molar-refractivity contribution in [2.24, 2.45) is 0 Å². The number of hydrogen-bond donors (Lipinski definition) is 2. The molecule has 1 amide bonds. The van der Waals surface area contributed by atoms with E-state index in [0.29, 0.717) is 17.9 Å². The number of carbonyl (C=O) groups is 1. The van der Waals surface area contributed by atoms with Crippen molar-refractivity contribution < 1.29 is 4.79 Å². The number of amides is 1. The van der Waals surface area contributed by atoms with Gasteiger partial charge in [-0.15, -0.1) is 0 Å². The van der Waals surface area contributed by atoms with E-state index >= 15 is 0 Å². The van der Waals surface area contributed by atoms with Gasteiger partial charge in [0.25, 0.3) is 5.91 Å². The molecular formula is C11H20N4O. The minimum atomic E-state index is -0.141. The first-order valence-electron chi connectivity index (χ1n) is 5.69. The van der Waals surface area contributed by atoms with E-state index in [4.69, 9.17) is 5.73 Å². The molecule has 5 nitrogen and oxygen atoms in total. The lowest BCUT2D eigenvalue weighted by molar-refractivity contribution is 0.0954. The van der Waals surface area contributed by atoms with E-state index in [2.05, 4.69) is 17.3 Å². The molecular weight excluding hydrogens is 204 g/mol. The maximum absolute atomic E-state index is 11.7. The summed E-state index contributed by atoms with van der Waals surface area (Å²) in [7, 11) is 0. The topological polar surface area (TPSA) is 72.9 Å². The number of hydrogen-bond acceptors (Lipinski definition) is 3. The van der Waals surface area contributed by atoms with Gasteiger partial charge < -0.3 is 11.1 Å². The predicted molar refractivity (Wildman–Crippen MR) is 64.3 cm³/mol. The average Bonchev–Trinajstić information content (AvgIpc) is 2.61. The molecule has 0 aliphatic heterocycles. The zero-order valence-corrected chi connectivity index (χ0v) is 10.2. The summed E-state index contributed by atoms with van der Waals surface area (Å²) in [5.74, 6) is 0.153. The van der Waals surface area contributed by atoms with Crippen LogP contribution in [0.5, 0.6) is 0 Å². The third kappa shape index (κ3) is 2.98. The van der Waals surface area contributed by atoms with Gasteiger partial charge in [-0.05, 0) is 20.3 Å². The van der Waals surface area contributed by atoms with Crippen LogP contribution in [0.4, 0.5) is 5.82 Å². The molecule has 0 saturated heterocycles. The van der Waals surface area contributed by atoms with Crippen LogP contribution in [-0.2, 0) is 0 Å². The van der Waals surface area contributed by atoms with Crippen molar-refractivity contribution in [1.29, 1.82) is 0 Å². The lowest BCUT2D eigenvalue weighted by Crippen LogP contribution is -2.24. The van der Waals surface area contributed by atoms with Crippen LogP contribution in [0, 0.1) is 0 Å². The molecule has 0 saturated carbocycles. The summed E-state index contributed by atoms with van der Waals surface area (Å²) >= 11 is 0. The Morgan fingerprint density at radius 2 is 2.31 bits per heavy atom. The quantitative estimate of drug-likeness (QED) is 0.746. The highest BCUT2D eigenvalue weighted by Gasteiger charge is 2.14. The first kappa shape index (κ1) is 12.5. The third-order valence-electron chi connectivity index (χ3n) is 2.35. The fraction of sp³-hybridized carbons (Fsp3) is 0.636. The zero-order valence-electron chi connectivity index (χ0n) is 10.2. The van der Waals surface area contributed by atoms with E-state index in [9.17, 15) is 4.79 Å². The van der Waals surface area contributed by atoms with Crippen LogP contribution < -0.4 is 11.1 Å². The van der Waals surface area contributed by atoms with Gasteiger partial charge >= 0.3 is 0 Å². The number of nitrogens with two attached hydrogens (primary N) is 1. The molecule has 0 aromatic carbocycles. The van der Waals surface area contributed by atoms with E-state index in [1.165, 1.54) is 0 Å². The zero-order chi connectivity index (χ0) is 12.1. The number of anilines is 1. The van der Waals surface area contributed by atoms with Crippen molar-refractivity contribution in [3.05, 3.63) is 11.8 Å². The Morgan fingerprint density at radius 1 is 1.62 bits per heavy atom. The second kappa shape index (κ2) is 5.53. The lowest BCUT2D eigenvalue weighted by Gasteiger charge is -2.03. The molecule has 1 heterocycles. The Morgan fingerprint density at radius 3 is 2.81 bits per heavy atom. The number of nitrogen functional groups attached to an aromatic ring is 1. The first-order valence-corrected chi connectivity index (χ1v) is 5.69. The van der Waals surface area contributed by atoms with Crippen LogP contribution in [0.2, 0.25) is 0 Å². The van der Waals surface area contributed by atoms with E-state index in [1.807, 2.05) is 13.8 Å². The molecule has 0 aliphatic rings. The van der Waals surface area contributed by atoms with Crippen LogP contribution in [-0.4, -0.2) is 22.2 Å². The summed E-state index contributed by atoms with van der Waals surface area (Å²) < 4.78 is 1.70. The minimum absolute atomic E-state index is 0.141. The number of aromatic nitrogens is 2. The van der Waals surface area contributed by atoms with Gasteiger partial charge in [0.05, 0.1) is 0 Å². The number of carbonyl (C=O) groups excluding carboxylic acids is 1. The fourth-order valence-electron chi connectivity index (χ4n) is 1.32. The molecule has 0 unspecified atom stereocenters. The SMILES string of the molecule is CCCCNC(=O)c1cn(C(C)C)nc1N. The highest BCUT2D eigenvalue weighted by Crippen LogP contribution is 2.12. The smallest absolute Gasteiger partial charge is 0.256 e. The van der Waals surface area contributed by atoms with Crippen LogP contribution in [0.1, 0.15) is 50.0 Å². The van der Waals surface area contributed by atoms with Crippen molar-refractivity contribution in [1.82, 2.24) is 15.1 Å². The summed E-state index contributed by atoms with van der Waals surface area (Å²) in [4.78, 5) is 11.7. The maximum atomic E-state index is 11.7. The monoisotopic (exact) mass is 224 g/mol. The molecule has 0 bridgehead atoms. The molecule has 1 aromatic heterocycles. The highest BCUT2D eigenvalue weighted by atomic mass is 16.1. The Hall–Kier alpha value is -1.52. The molecule has 5 heteroatoms. The predicted octanol–water partition coefficient (Wildman–Crippen LogP) is 1.58. The van der Waals surface area contributed by atoms with Gasteiger partial charge in [0.2, 0.25) is 0 Å². The third-order valence-corrected chi connectivity index (χ3v) is 2.35. The van der Waals surface area contributed by atoms with Crippen LogP contribution >= 0.6 is 0 Å². The van der Waals surface area contributed by atoms with Gasteiger partial charge in [-0.25, -0.2) is 0 Å². The number of unbranched alkanes of at least 4 members (excludes halogenated alkanes) is 1. The molecule has 0 atom stereocenters. The van der Waals surface area contributed by atoms with E-state index in [-0.39, 0.29) is 11.9 Å². The van der Waals surface area contributed by atoms with Crippen molar-refractivity contribution in [2.75, 3.05) is 12.3 Å². The largest absolute Gasteiger partial charge is 0.382 e.